The zero-order chi connectivity index (χ0) is 82.3. The Morgan fingerprint density at radius 3 is 1.55 bits per heavy atom. The van der Waals surface area contributed by atoms with Crippen LogP contribution in [0.1, 0.15) is 129 Å². The molecule has 0 saturated carbocycles. The molecule has 0 radical (unpaired) electrons. The number of aliphatic carboxylic acids is 1. The summed E-state index contributed by atoms with van der Waals surface area (Å²) in [5, 5.41) is 61.8. The van der Waals surface area contributed by atoms with E-state index in [1.165, 1.54) is 57.6 Å². The monoisotopic (exact) mass is 1550 g/mol. The van der Waals surface area contributed by atoms with Crippen molar-refractivity contribution in [2.45, 2.75) is 204 Å². The minimum Gasteiger partial charge on any atom is -0.508 e. The Kier molecular flexibility index (Phi) is 40.1. The number of nitrogens with one attached hydrogen (secondary N) is 14. The van der Waals surface area contributed by atoms with E-state index >= 15 is 0 Å². The number of hydrogen-bond donors (Lipinski definition) is 22. The van der Waals surface area contributed by atoms with E-state index < -0.39 is 205 Å². The lowest BCUT2D eigenvalue weighted by Gasteiger charge is -2.28. The smallest absolute Gasteiger partial charge is 0.303 e. The van der Waals surface area contributed by atoms with Gasteiger partial charge in [-0.25, -0.2) is 4.98 Å². The molecule has 606 valence electrons. The highest BCUT2D eigenvalue weighted by Gasteiger charge is 2.37. The van der Waals surface area contributed by atoms with Crippen LogP contribution < -0.4 is 97.8 Å². The van der Waals surface area contributed by atoms with E-state index in [-0.39, 0.29) is 94.2 Å². The van der Waals surface area contributed by atoms with Crippen LogP contribution in [0.15, 0.2) is 72.1 Å². The molecule has 1 unspecified atom stereocenters. The number of hydrogen-bond acceptors (Lipinski definition) is 21. The fourth-order valence-electron chi connectivity index (χ4n) is 10.8. The second kappa shape index (κ2) is 47.8. The first-order valence-corrected chi connectivity index (χ1v) is 35.8. The van der Waals surface area contributed by atoms with Crippen LogP contribution in [0, 0.1) is 11.8 Å². The SMILES string of the molecule is CCC(NC(=O)[C@H](CO)NC(=O)CNC(=O)[C@H](Cc1cnc[nH]1)NC(=O)[C@H](CCCN=C(N)N)NC(=O)[C@H](C)NC(=O)[C@H](CCCCN)NC(=O)[C@H](CCC(=O)O)NC(=O)[C@H](CC(C)C)NC(C)=O)C(=O)N[C@@H](CC(N)=O)C(=O)N[C@@H](Cc1ccc(O)cc1)C(=O)N[C@H](C(=O)N[C@@H](Cc1ccccc1)C(N)=O)C(C)C. The van der Waals surface area contributed by atoms with E-state index in [1.54, 1.807) is 58.0 Å². The number of phenolic OH excluding ortho intramolecular Hbond substituents is 1. The Morgan fingerprint density at radius 2 is 1.02 bits per heavy atom. The predicted molar refractivity (Wildman–Crippen MR) is 396 cm³/mol. The molecule has 12 atom stereocenters. The maximum atomic E-state index is 14.3. The molecule has 0 saturated heterocycles. The van der Waals surface area contributed by atoms with Crippen molar-refractivity contribution >= 4 is 101 Å². The minimum atomic E-state index is -1.83. The molecule has 2 aromatic carbocycles. The van der Waals surface area contributed by atoms with Gasteiger partial charge in [0.2, 0.25) is 88.6 Å². The molecule has 0 aliphatic rings. The summed E-state index contributed by atoms with van der Waals surface area (Å²) in [6, 6.07) is -3.71. The number of carbonyl (C=O) groups excluding carboxylic acids is 15. The number of phenols is 1. The van der Waals surface area contributed by atoms with E-state index in [1.807, 2.05) is 0 Å². The second-order valence-electron chi connectivity index (χ2n) is 26.8. The average Bonchev–Trinajstić information content (AvgIpc) is 1.42. The van der Waals surface area contributed by atoms with Gasteiger partial charge in [-0.15, -0.1) is 0 Å². The molecule has 27 N–H and O–H groups in total. The summed E-state index contributed by atoms with van der Waals surface area (Å²) in [7, 11) is 0. The average molecular weight is 1550 g/mol. The number of carbonyl (C=O) groups is 16. The highest BCUT2D eigenvalue weighted by Crippen LogP contribution is 2.16. The quantitative estimate of drug-likeness (QED) is 0.0142. The highest BCUT2D eigenvalue weighted by atomic mass is 16.4. The third-order valence-electron chi connectivity index (χ3n) is 16.7. The number of aromatic amines is 1. The maximum Gasteiger partial charge on any atom is 0.303 e. The van der Waals surface area contributed by atoms with Gasteiger partial charge in [0.05, 0.1) is 25.9 Å². The van der Waals surface area contributed by atoms with Crippen LogP contribution in [-0.2, 0) is 96.0 Å². The molecule has 0 fully saturated rings. The van der Waals surface area contributed by atoms with Crippen LogP contribution >= 0.6 is 0 Å². The van der Waals surface area contributed by atoms with Gasteiger partial charge in [0, 0.05) is 51.0 Å². The molecular weight excluding hydrogens is 1440 g/mol. The number of aromatic nitrogens is 2. The first kappa shape index (κ1) is 92.4. The number of rotatable bonds is 50. The number of aliphatic hydroxyl groups excluding tert-OH is 1. The first-order valence-electron chi connectivity index (χ1n) is 35.8. The number of unbranched alkanes of at least 4 members (excludes halogenated alkanes) is 1. The number of benzene rings is 2. The van der Waals surface area contributed by atoms with Crippen LogP contribution in [0.2, 0.25) is 0 Å². The van der Waals surface area contributed by atoms with Crippen molar-refractivity contribution in [1.82, 2.24) is 79.1 Å². The lowest BCUT2D eigenvalue weighted by Crippen LogP contribution is -2.61. The number of H-pyrrole nitrogens is 1. The molecular formula is C70H107N21O19. The van der Waals surface area contributed by atoms with Gasteiger partial charge >= 0.3 is 5.97 Å². The van der Waals surface area contributed by atoms with Gasteiger partial charge in [-0.05, 0) is 99.9 Å². The summed E-state index contributed by atoms with van der Waals surface area (Å²) < 4.78 is 0. The van der Waals surface area contributed by atoms with Gasteiger partial charge in [-0.1, -0.05) is 77.1 Å². The lowest BCUT2D eigenvalue weighted by molar-refractivity contribution is -0.138. The zero-order valence-electron chi connectivity index (χ0n) is 62.6. The van der Waals surface area contributed by atoms with Crippen molar-refractivity contribution in [3.05, 3.63) is 83.9 Å². The van der Waals surface area contributed by atoms with Gasteiger partial charge < -0.3 is 118 Å². The number of aliphatic hydroxyl groups is 1. The van der Waals surface area contributed by atoms with Crippen molar-refractivity contribution in [1.29, 1.82) is 0 Å². The summed E-state index contributed by atoms with van der Waals surface area (Å²) in [6.45, 7) is 8.78. The van der Waals surface area contributed by atoms with E-state index in [2.05, 4.69) is 84.1 Å². The summed E-state index contributed by atoms with van der Waals surface area (Å²) in [4.78, 5) is 226. The van der Waals surface area contributed by atoms with Crippen molar-refractivity contribution in [2.75, 3.05) is 26.2 Å². The zero-order valence-corrected chi connectivity index (χ0v) is 62.6. The van der Waals surface area contributed by atoms with Crippen molar-refractivity contribution < 1.29 is 92.0 Å². The topological polar surface area (TPSA) is 661 Å². The fraction of sp³-hybridized carbons (Fsp3) is 0.543. The molecule has 1 heterocycles. The summed E-state index contributed by atoms with van der Waals surface area (Å²) in [5.74, 6) is -16.8. The Morgan fingerprint density at radius 1 is 0.518 bits per heavy atom. The largest absolute Gasteiger partial charge is 0.508 e. The number of nitrogens with two attached hydrogens (primary N) is 5. The number of guanidine groups is 1. The van der Waals surface area contributed by atoms with Gasteiger partial charge in [-0.3, -0.25) is 81.7 Å². The number of primary amides is 2. The van der Waals surface area contributed by atoms with Crippen LogP contribution in [0.4, 0.5) is 0 Å². The molecule has 0 bridgehead atoms. The molecule has 3 aromatic rings. The van der Waals surface area contributed by atoms with E-state index in [9.17, 15) is 92.0 Å². The summed E-state index contributed by atoms with van der Waals surface area (Å²) in [5.41, 5.74) is 29.3. The molecule has 1 aromatic heterocycles. The minimum absolute atomic E-state index is 0.0187. The van der Waals surface area contributed by atoms with Gasteiger partial charge in [0.1, 0.15) is 78.3 Å². The van der Waals surface area contributed by atoms with Crippen molar-refractivity contribution in [2.24, 2.45) is 45.5 Å². The second-order valence-corrected chi connectivity index (χ2v) is 26.8. The predicted octanol–water partition coefficient (Wildman–Crippen LogP) is -6.37. The third-order valence-corrected chi connectivity index (χ3v) is 16.7. The maximum absolute atomic E-state index is 14.3. The molecule has 0 spiro atoms. The van der Waals surface area contributed by atoms with Crippen LogP contribution in [-0.4, -0.2) is 225 Å². The standard InChI is InChI=1S/C70H107N21O19/c1-8-44(61(102)90-52(31-54(72)95)66(107)88-50(29-41-19-21-43(94)22-20-41)67(108)91-57(37(4)5)69(110)87-48(58(73)99)28-40-15-10-9-11-16-40)83-68(109)53(34-92)82-55(96)33-78-60(101)51(30-42-32-76-35-79-42)89-63(104)46(18-14-26-77-70(74)75)84-59(100)38(6)80-62(103)45(17-12-13-25-71)85-64(105)47(23-24-56(97)98)86-65(106)49(27-36(2)3)81-39(7)93/h9-11,15-16,19-22,32,35-38,44-53,57,92,94H,8,12-14,17-18,23-31,33-34,71H2,1-7H3,(H2,72,95)(H2,73,99)(H,76,79)(H,78,101)(H,80,103)(H,81,93)(H,82,96)(H,83,109)(H,84,100)(H,85,105)(H,86,106)(H,87,110)(H,88,107)(H,89,104)(H,90,102)(H,91,108)(H,97,98)(H4,74,75,77)/t38-,44?,45-,46-,47-,48-,49-,50-,51-,52-,53-,57-/m0/s1. The van der Waals surface area contributed by atoms with E-state index in [4.69, 9.17) is 28.7 Å². The Balaban J connectivity index is 1.80. The Hall–Kier alpha value is -11.8. The number of aromatic hydroxyl groups is 1. The number of carboxylic acid groups (broad SMARTS) is 1. The van der Waals surface area contributed by atoms with Crippen LogP contribution in [0.25, 0.3) is 0 Å². The number of nitrogens with zero attached hydrogens (tertiary/aromatic N) is 2. The number of imidazole rings is 1. The summed E-state index contributed by atoms with van der Waals surface area (Å²) >= 11 is 0. The van der Waals surface area contributed by atoms with Crippen LogP contribution in [0.3, 0.4) is 0 Å². The number of aliphatic imine (C=N–C) groups is 1. The van der Waals surface area contributed by atoms with Crippen LogP contribution in [0.5, 0.6) is 5.75 Å². The molecule has 40 nitrogen and oxygen atoms in total. The molecule has 3 rings (SSSR count). The van der Waals surface area contributed by atoms with Gasteiger partial charge in [-0.2, -0.15) is 0 Å². The molecule has 40 heteroatoms. The number of amides is 15. The summed E-state index contributed by atoms with van der Waals surface area (Å²) in [6.07, 6.45) is 0.494. The van der Waals surface area contributed by atoms with Gasteiger partial charge in [0.15, 0.2) is 5.96 Å². The molecule has 15 amide bonds. The Bertz CT molecular complexity index is 3640. The molecule has 110 heavy (non-hydrogen) atoms. The third kappa shape index (κ3) is 34.4. The van der Waals surface area contributed by atoms with Gasteiger partial charge in [0.25, 0.3) is 0 Å². The lowest BCUT2D eigenvalue weighted by atomic mass is 9.99. The molecule has 0 aliphatic heterocycles. The van der Waals surface area contributed by atoms with Crippen molar-refractivity contribution in [3.8, 4) is 5.75 Å². The Labute approximate surface area is 635 Å². The molecule has 0 aliphatic carbocycles. The normalized spacial score (nSPS) is 14.3. The fourth-order valence-corrected chi connectivity index (χ4v) is 10.8. The van der Waals surface area contributed by atoms with E-state index in [0.717, 1.165) is 0 Å². The van der Waals surface area contributed by atoms with Crippen molar-refractivity contribution in [3.63, 3.8) is 0 Å². The first-order chi connectivity index (χ1) is 51.9. The van der Waals surface area contributed by atoms with E-state index in [0.29, 0.717) is 17.5 Å². The number of carboxylic acids is 1. The highest BCUT2D eigenvalue weighted by molar-refractivity contribution is 6.00.